The lowest BCUT2D eigenvalue weighted by Crippen LogP contribution is -2.10. The Morgan fingerprint density at radius 2 is 0.667 bits per heavy atom. The highest BCUT2D eigenvalue weighted by Crippen LogP contribution is 2.57. The fourth-order valence-corrected chi connectivity index (χ4v) is 11.4. The second-order valence-electron chi connectivity index (χ2n) is 15.8. The van der Waals surface area contributed by atoms with Gasteiger partial charge in [0.05, 0.1) is 26.5 Å². The minimum absolute atomic E-state index is 0.106. The fourth-order valence-electron chi connectivity index (χ4n) is 8.87. The van der Waals surface area contributed by atoms with Gasteiger partial charge in [-0.1, -0.05) is 97.1 Å². The first kappa shape index (κ1) is 40.3. The molecule has 10 heteroatoms. The van der Waals surface area contributed by atoms with Gasteiger partial charge in [-0.2, -0.15) is 0 Å². The van der Waals surface area contributed by atoms with Crippen molar-refractivity contribution in [3.05, 3.63) is 233 Å². The van der Waals surface area contributed by atoms with Gasteiger partial charge in [-0.05, 0) is 108 Å². The van der Waals surface area contributed by atoms with Crippen molar-refractivity contribution in [1.82, 2.24) is 0 Å². The molecular formula is C56H34N2O6S2. The average molecular weight is 895 g/mol. The lowest BCUT2D eigenvalue weighted by atomic mass is 9.95. The van der Waals surface area contributed by atoms with E-state index in [1.54, 1.807) is 22.7 Å². The maximum atomic E-state index is 14.5. The van der Waals surface area contributed by atoms with E-state index in [1.165, 1.54) is 0 Å². The fraction of sp³-hybridized carbons (Fsp3) is 0. The molecule has 0 amide bonds. The molecule has 2 heterocycles. The summed E-state index contributed by atoms with van der Waals surface area (Å²) in [4.78, 5) is 61.4. The van der Waals surface area contributed by atoms with Crippen LogP contribution < -0.4 is 9.80 Å². The number of carboxylic acids is 2. The van der Waals surface area contributed by atoms with Crippen LogP contribution in [-0.2, 0) is 0 Å². The smallest absolute Gasteiger partial charge is 0.336 e. The molecule has 8 nitrogen and oxygen atoms in total. The zero-order valence-electron chi connectivity index (χ0n) is 34.7. The summed E-state index contributed by atoms with van der Waals surface area (Å²) < 4.78 is 0. The largest absolute Gasteiger partial charge is 0.478 e. The molecular weight excluding hydrogens is 861 g/mol. The summed E-state index contributed by atoms with van der Waals surface area (Å²) in [6.45, 7) is 0. The van der Waals surface area contributed by atoms with Gasteiger partial charge in [0.15, 0.2) is 11.6 Å². The van der Waals surface area contributed by atoms with Crippen molar-refractivity contribution in [1.29, 1.82) is 0 Å². The Hall–Kier alpha value is -8.44. The number of fused-ring (bicyclic) bond motifs is 4. The van der Waals surface area contributed by atoms with Gasteiger partial charge in [0.25, 0.3) is 0 Å². The molecule has 316 valence electrons. The first-order chi connectivity index (χ1) is 32.2. The number of Topliss-reactive ketones (excluding diaryl/α,β-unsaturated/α-hetero) is 2. The Bertz CT molecular complexity index is 3130. The predicted molar refractivity (Wildman–Crippen MR) is 263 cm³/mol. The molecule has 66 heavy (non-hydrogen) atoms. The lowest BCUT2D eigenvalue weighted by Gasteiger charge is -2.25. The van der Waals surface area contributed by atoms with Crippen LogP contribution in [0.25, 0.3) is 36.2 Å². The molecule has 7 aromatic carbocycles. The Kier molecular flexibility index (Phi) is 9.95. The average Bonchev–Trinajstić information content (AvgIpc) is 4.10. The summed E-state index contributed by atoms with van der Waals surface area (Å²) >= 11 is 3.15. The number of ketones is 2. The number of allylic oxidation sites excluding steroid dienone is 1. The maximum Gasteiger partial charge on any atom is 0.336 e. The van der Waals surface area contributed by atoms with Crippen LogP contribution in [0.1, 0.15) is 52.6 Å². The number of carbonyl (C=O) groups is 4. The molecule has 0 saturated carbocycles. The van der Waals surface area contributed by atoms with E-state index >= 15 is 0 Å². The molecule has 0 spiro atoms. The monoisotopic (exact) mass is 894 g/mol. The van der Waals surface area contributed by atoms with Crippen molar-refractivity contribution < 1.29 is 29.4 Å². The molecule has 0 unspecified atom stereocenters. The van der Waals surface area contributed by atoms with Crippen LogP contribution in [0.15, 0.2) is 200 Å². The van der Waals surface area contributed by atoms with Crippen LogP contribution in [-0.4, -0.2) is 33.7 Å². The predicted octanol–water partition coefficient (Wildman–Crippen LogP) is 14.3. The molecule has 9 aromatic rings. The van der Waals surface area contributed by atoms with E-state index < -0.39 is 34.6 Å². The second kappa shape index (κ2) is 16.3. The summed E-state index contributed by atoms with van der Waals surface area (Å²) in [5.74, 6) is -4.28. The number of hydrogen-bond acceptors (Lipinski definition) is 8. The Morgan fingerprint density at radius 3 is 0.970 bits per heavy atom. The number of para-hydroxylation sites is 4. The van der Waals surface area contributed by atoms with E-state index in [1.807, 2.05) is 84.9 Å². The van der Waals surface area contributed by atoms with Crippen molar-refractivity contribution in [2.24, 2.45) is 0 Å². The topological polar surface area (TPSA) is 115 Å². The van der Waals surface area contributed by atoms with Gasteiger partial charge in [-0.15, -0.1) is 22.7 Å². The van der Waals surface area contributed by atoms with Crippen LogP contribution in [0, 0.1) is 0 Å². The lowest BCUT2D eigenvalue weighted by molar-refractivity contribution is 0.0651. The summed E-state index contributed by atoms with van der Waals surface area (Å²) in [5, 5.41) is 19.8. The van der Waals surface area contributed by atoms with E-state index in [0.717, 1.165) is 88.0 Å². The number of aromatic carboxylic acids is 2. The second-order valence-corrected chi connectivity index (χ2v) is 17.9. The number of rotatable bonds is 10. The van der Waals surface area contributed by atoms with Crippen LogP contribution in [0.4, 0.5) is 34.1 Å². The van der Waals surface area contributed by atoms with Gasteiger partial charge in [-0.25, -0.2) is 9.59 Å². The number of benzene rings is 7. The summed E-state index contributed by atoms with van der Waals surface area (Å²) in [6, 6.07) is 63.3. The van der Waals surface area contributed by atoms with Crippen LogP contribution >= 0.6 is 22.7 Å². The third-order valence-corrected chi connectivity index (χ3v) is 14.4. The number of carbonyl (C=O) groups excluding carboxylic acids is 2. The number of carboxylic acid groups (broad SMARTS) is 2. The van der Waals surface area contributed by atoms with E-state index in [4.69, 9.17) is 0 Å². The first-order valence-corrected chi connectivity index (χ1v) is 22.6. The van der Waals surface area contributed by atoms with Gasteiger partial charge in [0.1, 0.15) is 0 Å². The molecule has 0 saturated heterocycles. The van der Waals surface area contributed by atoms with Crippen molar-refractivity contribution >= 4 is 85.9 Å². The standard InChI is InChI=1S/C56H34N2O6S2/c59-51-41-29-43(55(61)62)44(56(63)64)30-42(41)52(60)50(51)49-45-31-47(33-21-25-39(26-22-33)57(35-13-5-1-6-14-35)36-15-7-2-8-16-36)65-53(45)54-46(49)32-48(66-54)34-23-27-40(28-24-34)58(37-17-9-3-10-18-37)38-19-11-4-12-20-38/h1-32H,(H,61,62)(H,63,64). The molecule has 0 aliphatic heterocycles. The summed E-state index contributed by atoms with van der Waals surface area (Å²) in [5.41, 5.74) is 8.33. The van der Waals surface area contributed by atoms with Crippen LogP contribution in [0.5, 0.6) is 0 Å². The highest BCUT2D eigenvalue weighted by atomic mass is 32.1. The number of hydrogen-bond donors (Lipinski definition) is 2. The summed E-state index contributed by atoms with van der Waals surface area (Å²) in [6.07, 6.45) is 0. The molecule has 2 aliphatic carbocycles. The van der Waals surface area contributed by atoms with Gasteiger partial charge >= 0.3 is 11.9 Å². The van der Waals surface area contributed by atoms with Gasteiger partial charge in [0, 0.05) is 71.7 Å². The Morgan fingerprint density at radius 1 is 0.364 bits per heavy atom. The molecule has 2 aromatic heterocycles. The Balaban J connectivity index is 1.03. The van der Waals surface area contributed by atoms with Crippen molar-refractivity contribution in [2.45, 2.75) is 0 Å². The zero-order chi connectivity index (χ0) is 45.1. The molecule has 0 atom stereocenters. The third kappa shape index (κ3) is 6.83. The minimum atomic E-state index is -1.50. The Labute approximate surface area is 386 Å². The molecule has 2 N–H and O–H groups in total. The minimum Gasteiger partial charge on any atom is -0.478 e. The van der Waals surface area contributed by atoms with Crippen molar-refractivity contribution in [2.75, 3.05) is 9.80 Å². The van der Waals surface area contributed by atoms with E-state index in [2.05, 4.69) is 107 Å². The number of nitrogens with zero attached hydrogens (tertiary/aromatic N) is 2. The molecule has 11 rings (SSSR count). The first-order valence-electron chi connectivity index (χ1n) is 21.0. The molecule has 0 fully saturated rings. The number of thiophene rings is 2. The van der Waals surface area contributed by atoms with E-state index in [-0.39, 0.29) is 16.7 Å². The van der Waals surface area contributed by atoms with Gasteiger partial charge in [0.2, 0.25) is 0 Å². The molecule has 0 radical (unpaired) electrons. The van der Waals surface area contributed by atoms with Crippen molar-refractivity contribution in [3.8, 4) is 30.6 Å². The van der Waals surface area contributed by atoms with Crippen molar-refractivity contribution in [3.63, 3.8) is 0 Å². The van der Waals surface area contributed by atoms with Gasteiger partial charge in [-0.3, -0.25) is 9.59 Å². The van der Waals surface area contributed by atoms with Gasteiger partial charge < -0.3 is 20.0 Å². The maximum absolute atomic E-state index is 14.5. The highest BCUT2D eigenvalue weighted by Gasteiger charge is 2.42. The normalized spacial score (nSPS) is 12.5. The highest BCUT2D eigenvalue weighted by molar-refractivity contribution is 7.26. The zero-order valence-corrected chi connectivity index (χ0v) is 36.3. The van der Waals surface area contributed by atoms with Crippen LogP contribution in [0.2, 0.25) is 0 Å². The quantitative estimate of drug-likeness (QED) is 0.103. The summed E-state index contributed by atoms with van der Waals surface area (Å²) in [7, 11) is 0. The molecule has 2 aliphatic rings. The van der Waals surface area contributed by atoms with Crippen LogP contribution in [0.3, 0.4) is 0 Å². The molecule has 0 bridgehead atoms. The third-order valence-electron chi connectivity index (χ3n) is 11.9. The number of anilines is 6. The van der Waals surface area contributed by atoms with E-state index in [9.17, 15) is 29.4 Å². The SMILES string of the molecule is O=C(O)c1cc2c(cc1C(=O)O)C(=O)C(=C1c3cc(-c4ccc(N(c5ccccc5)c5ccccc5)cc4)sc3-c3sc(-c4ccc(N(c5ccccc5)c5ccccc5)cc4)cc31)C2=O. The van der Waals surface area contributed by atoms with E-state index in [0.29, 0.717) is 5.57 Å².